The molecular weight excluding hydrogens is 466 g/mol. The first-order valence-corrected chi connectivity index (χ1v) is 12.0. The number of aryl methyl sites for hydroxylation is 1. The van der Waals surface area contributed by atoms with Crippen LogP contribution in [-0.2, 0) is 16.1 Å². The Balaban J connectivity index is 1.35. The van der Waals surface area contributed by atoms with Gasteiger partial charge in [-0.2, -0.15) is 0 Å². The summed E-state index contributed by atoms with van der Waals surface area (Å²) in [5.74, 6) is -2.03. The molecule has 1 aliphatic carbocycles. The Morgan fingerprint density at radius 3 is 2.57 bits per heavy atom. The summed E-state index contributed by atoms with van der Waals surface area (Å²) in [4.78, 5) is 69.1. The van der Waals surface area contributed by atoms with Gasteiger partial charge in [0.25, 0.3) is 17.7 Å². The first-order chi connectivity index (χ1) is 16.8. The number of rotatable bonds is 5. The van der Waals surface area contributed by atoms with Crippen LogP contribution in [0.15, 0.2) is 48.5 Å². The Bertz CT molecular complexity index is 1400. The number of thiazole rings is 1. The Hall–Kier alpha value is -3.98. The van der Waals surface area contributed by atoms with Crippen molar-refractivity contribution in [3.8, 4) is 10.6 Å². The van der Waals surface area contributed by atoms with E-state index in [0.717, 1.165) is 15.5 Å². The van der Waals surface area contributed by atoms with E-state index in [9.17, 15) is 24.0 Å². The maximum Gasteiger partial charge on any atom is 0.263 e. The predicted octanol–water partition coefficient (Wildman–Crippen LogP) is 3.34. The average molecular weight is 488 g/mol. The Labute approximate surface area is 205 Å². The summed E-state index contributed by atoms with van der Waals surface area (Å²) >= 11 is 1.28. The van der Waals surface area contributed by atoms with Crippen molar-refractivity contribution in [1.82, 2.24) is 15.2 Å². The van der Waals surface area contributed by atoms with Crippen LogP contribution in [0.25, 0.3) is 10.6 Å². The largest absolute Gasteiger partial charge is 0.347 e. The van der Waals surface area contributed by atoms with Gasteiger partial charge in [0.05, 0.1) is 29.3 Å². The molecule has 0 saturated heterocycles. The van der Waals surface area contributed by atoms with Gasteiger partial charge in [0, 0.05) is 18.5 Å². The smallest absolute Gasteiger partial charge is 0.263 e. The van der Waals surface area contributed by atoms with Crippen LogP contribution < -0.4 is 5.32 Å². The number of nitrogens with one attached hydrogen (secondary N) is 1. The molecule has 3 amide bonds. The number of nitrogens with zero attached hydrogens (tertiary/aromatic N) is 2. The normalized spacial score (nSPS) is 17.6. The molecule has 8 nitrogen and oxygen atoms in total. The number of hydrogen-bond donors (Lipinski definition) is 1. The molecule has 1 saturated carbocycles. The summed E-state index contributed by atoms with van der Waals surface area (Å²) in [6.07, 6.45) is 0.0374. The Morgan fingerprint density at radius 1 is 1.06 bits per heavy atom. The third-order valence-electron chi connectivity index (χ3n) is 6.25. The van der Waals surface area contributed by atoms with Crippen molar-refractivity contribution in [1.29, 1.82) is 0 Å². The van der Waals surface area contributed by atoms with Gasteiger partial charge in [-0.25, -0.2) is 4.98 Å². The van der Waals surface area contributed by atoms with Crippen LogP contribution in [0.4, 0.5) is 0 Å². The van der Waals surface area contributed by atoms with Gasteiger partial charge < -0.3 is 5.32 Å². The zero-order chi connectivity index (χ0) is 24.7. The van der Waals surface area contributed by atoms with E-state index >= 15 is 0 Å². The number of amides is 3. The lowest BCUT2D eigenvalue weighted by molar-refractivity contribution is -0.132. The molecule has 35 heavy (non-hydrogen) atoms. The molecule has 0 radical (unpaired) electrons. The van der Waals surface area contributed by atoms with Gasteiger partial charge in [-0.3, -0.25) is 28.9 Å². The zero-order valence-electron chi connectivity index (χ0n) is 18.9. The molecule has 1 aliphatic heterocycles. The van der Waals surface area contributed by atoms with Crippen LogP contribution in [0.1, 0.15) is 60.9 Å². The van der Waals surface area contributed by atoms with E-state index in [0.29, 0.717) is 16.1 Å². The third kappa shape index (κ3) is 4.08. The van der Waals surface area contributed by atoms with Crippen molar-refractivity contribution in [2.45, 2.75) is 38.8 Å². The number of ketones is 2. The first kappa shape index (κ1) is 22.8. The quantitative estimate of drug-likeness (QED) is 0.436. The summed E-state index contributed by atoms with van der Waals surface area (Å²) in [5.41, 5.74) is 2.40. The van der Waals surface area contributed by atoms with E-state index in [1.54, 1.807) is 25.1 Å². The van der Waals surface area contributed by atoms with Crippen LogP contribution in [0.5, 0.6) is 0 Å². The lowest BCUT2D eigenvalue weighted by atomic mass is 9.92. The van der Waals surface area contributed by atoms with Crippen molar-refractivity contribution in [2.75, 3.05) is 0 Å². The molecule has 2 aliphatic rings. The first-order valence-electron chi connectivity index (χ1n) is 11.2. The number of Topliss-reactive ketones (excluding diaryl/α,β-unsaturated/α-hetero) is 2. The van der Waals surface area contributed by atoms with Crippen molar-refractivity contribution < 1.29 is 24.0 Å². The molecule has 1 unspecified atom stereocenters. The highest BCUT2D eigenvalue weighted by Gasteiger charge is 2.45. The molecule has 5 rings (SSSR count). The molecular formula is C26H21N3O5S. The number of carbonyl (C=O) groups is 5. The van der Waals surface area contributed by atoms with Gasteiger partial charge in [0.1, 0.15) is 15.7 Å². The number of imide groups is 1. The summed E-state index contributed by atoms with van der Waals surface area (Å²) in [5, 5.41) is 3.57. The molecule has 1 N–H and O–H groups in total. The molecule has 2 heterocycles. The summed E-state index contributed by atoms with van der Waals surface area (Å²) < 4.78 is 0. The Kier molecular flexibility index (Phi) is 5.86. The fraction of sp³-hybridized carbons (Fsp3) is 0.231. The van der Waals surface area contributed by atoms with E-state index in [1.807, 2.05) is 30.3 Å². The fourth-order valence-corrected chi connectivity index (χ4v) is 5.49. The number of hydrogen-bond acceptors (Lipinski definition) is 7. The van der Waals surface area contributed by atoms with Crippen LogP contribution in [0.3, 0.4) is 0 Å². The van der Waals surface area contributed by atoms with Gasteiger partial charge in [-0.15, -0.1) is 11.3 Å². The standard InChI is InChI=1S/C26H21N3O5S/c1-14-22(35-24(28-14)15-6-3-2-4-7-15)23(32)27-13-16-8-5-9-18-21(16)26(34)29(25(18)33)19-11-10-17(30)12-20(19)31/h2-9,19H,10-13H2,1H3,(H,27,32). The fourth-order valence-electron chi connectivity index (χ4n) is 4.50. The zero-order valence-corrected chi connectivity index (χ0v) is 19.7. The summed E-state index contributed by atoms with van der Waals surface area (Å²) in [6, 6.07) is 13.5. The van der Waals surface area contributed by atoms with Gasteiger partial charge in [0.15, 0.2) is 5.78 Å². The molecule has 176 valence electrons. The topological polar surface area (TPSA) is 114 Å². The molecule has 3 aromatic rings. The lowest BCUT2D eigenvalue weighted by Gasteiger charge is -2.27. The van der Waals surface area contributed by atoms with E-state index in [4.69, 9.17) is 0 Å². The van der Waals surface area contributed by atoms with Crippen LogP contribution >= 0.6 is 11.3 Å². The number of carbonyl (C=O) groups excluding carboxylic acids is 5. The molecule has 1 atom stereocenters. The second-order valence-electron chi connectivity index (χ2n) is 8.54. The average Bonchev–Trinajstić information content (AvgIpc) is 3.36. The van der Waals surface area contributed by atoms with Gasteiger partial charge in [-0.1, -0.05) is 42.5 Å². The highest BCUT2D eigenvalue weighted by Crippen LogP contribution is 2.31. The second kappa shape index (κ2) is 8.99. The van der Waals surface area contributed by atoms with Gasteiger partial charge >= 0.3 is 0 Å². The molecule has 1 fully saturated rings. The Morgan fingerprint density at radius 2 is 1.83 bits per heavy atom. The third-order valence-corrected chi connectivity index (χ3v) is 7.45. The number of aromatic nitrogens is 1. The second-order valence-corrected chi connectivity index (χ2v) is 9.54. The van der Waals surface area contributed by atoms with Crippen LogP contribution in [0.2, 0.25) is 0 Å². The van der Waals surface area contributed by atoms with Crippen LogP contribution in [-0.4, -0.2) is 45.2 Å². The van der Waals surface area contributed by atoms with Crippen molar-refractivity contribution in [2.24, 2.45) is 0 Å². The lowest BCUT2D eigenvalue weighted by Crippen LogP contribution is -2.47. The number of fused-ring (bicyclic) bond motifs is 1. The highest BCUT2D eigenvalue weighted by atomic mass is 32.1. The summed E-state index contributed by atoms with van der Waals surface area (Å²) in [7, 11) is 0. The molecule has 1 aromatic heterocycles. The minimum atomic E-state index is -0.932. The van der Waals surface area contributed by atoms with Gasteiger partial charge in [0.2, 0.25) is 0 Å². The molecule has 9 heteroatoms. The van der Waals surface area contributed by atoms with Crippen molar-refractivity contribution in [3.05, 3.63) is 75.8 Å². The minimum absolute atomic E-state index is 0.0317. The number of benzene rings is 2. The molecule has 2 aromatic carbocycles. The SMILES string of the molecule is Cc1nc(-c2ccccc2)sc1C(=O)NCc1cccc2c1C(=O)N(C1CCC(=O)CC1=O)C2=O. The van der Waals surface area contributed by atoms with E-state index < -0.39 is 23.6 Å². The van der Waals surface area contributed by atoms with Crippen LogP contribution in [0, 0.1) is 6.92 Å². The van der Waals surface area contributed by atoms with E-state index in [1.165, 1.54) is 11.3 Å². The van der Waals surface area contributed by atoms with E-state index in [2.05, 4.69) is 10.3 Å². The van der Waals surface area contributed by atoms with E-state index in [-0.39, 0.29) is 48.6 Å². The maximum atomic E-state index is 13.2. The molecule has 0 spiro atoms. The predicted molar refractivity (Wildman–Crippen MR) is 128 cm³/mol. The van der Waals surface area contributed by atoms with Crippen molar-refractivity contribution in [3.63, 3.8) is 0 Å². The molecule has 0 bridgehead atoms. The summed E-state index contributed by atoms with van der Waals surface area (Å²) in [6.45, 7) is 1.80. The van der Waals surface area contributed by atoms with Gasteiger partial charge in [-0.05, 0) is 25.0 Å². The minimum Gasteiger partial charge on any atom is -0.347 e. The maximum absolute atomic E-state index is 13.2. The highest BCUT2D eigenvalue weighted by molar-refractivity contribution is 7.17. The van der Waals surface area contributed by atoms with Crippen molar-refractivity contribution >= 4 is 40.6 Å². The monoisotopic (exact) mass is 487 g/mol.